The van der Waals surface area contributed by atoms with Gasteiger partial charge in [0.25, 0.3) is 5.91 Å². The molecule has 3 heterocycles. The van der Waals surface area contributed by atoms with Gasteiger partial charge in [0.2, 0.25) is 0 Å². The van der Waals surface area contributed by atoms with Gasteiger partial charge in [-0.2, -0.15) is 20.5 Å². The Kier molecular flexibility index (Phi) is 3.95. The molecule has 0 spiro atoms. The average Bonchev–Trinajstić information content (AvgIpc) is 3.15. The van der Waals surface area contributed by atoms with E-state index in [4.69, 9.17) is 0 Å². The lowest BCUT2D eigenvalue weighted by molar-refractivity contribution is -0.0322. The Hall–Kier alpha value is -2.22. The molecule has 1 aliphatic heterocycles. The molecule has 0 saturated carbocycles. The van der Waals surface area contributed by atoms with E-state index in [0.29, 0.717) is 30.8 Å². The van der Waals surface area contributed by atoms with Gasteiger partial charge in [-0.1, -0.05) is 0 Å². The van der Waals surface area contributed by atoms with Crippen molar-refractivity contribution in [3.05, 3.63) is 29.3 Å². The van der Waals surface area contributed by atoms with Crippen LogP contribution >= 0.6 is 0 Å². The van der Waals surface area contributed by atoms with Crippen LogP contribution in [0.2, 0.25) is 0 Å². The van der Waals surface area contributed by atoms with Crippen LogP contribution < -0.4 is 0 Å². The Morgan fingerprint density at radius 3 is 2.75 bits per heavy atom. The molecule has 2 aromatic heterocycles. The zero-order chi connectivity index (χ0) is 17.5. The highest BCUT2D eigenvalue weighted by molar-refractivity contribution is 5.92. The Balaban J connectivity index is 1.83. The van der Waals surface area contributed by atoms with Crippen LogP contribution in [0.1, 0.15) is 55.5 Å². The largest absolute Gasteiger partial charge is 0.382 e. The quantitative estimate of drug-likeness (QED) is 0.860. The minimum absolute atomic E-state index is 0.164. The molecule has 1 fully saturated rings. The third-order valence-electron chi connectivity index (χ3n) is 4.39. The molecule has 8 nitrogen and oxygen atoms in total. The lowest BCUT2D eigenvalue weighted by Crippen LogP contribution is -2.48. The summed E-state index contributed by atoms with van der Waals surface area (Å²) in [5.74, 6) is -0.164. The molecule has 3 rings (SSSR count). The normalized spacial score (nSPS) is 22.0. The number of piperidine rings is 1. The summed E-state index contributed by atoms with van der Waals surface area (Å²) >= 11 is 0. The second-order valence-electron chi connectivity index (χ2n) is 7.47. The second kappa shape index (κ2) is 5.70. The molecule has 24 heavy (non-hydrogen) atoms. The number of likely N-dealkylation sites (tertiary alicyclic amines) is 1. The van der Waals surface area contributed by atoms with Crippen LogP contribution in [0.25, 0.3) is 0 Å². The summed E-state index contributed by atoms with van der Waals surface area (Å²) in [4.78, 5) is 14.5. The number of carbonyl (C=O) groups excluding carboxylic acids is 1. The monoisotopic (exact) mass is 332 g/mol. The van der Waals surface area contributed by atoms with Gasteiger partial charge in [0.15, 0.2) is 5.69 Å². The summed E-state index contributed by atoms with van der Waals surface area (Å²) in [5.41, 5.74) is 0.465. The lowest BCUT2D eigenvalue weighted by Gasteiger charge is -2.37. The number of hydrogen-bond donors (Lipinski definition) is 2. The van der Waals surface area contributed by atoms with Crippen LogP contribution in [-0.2, 0) is 11.1 Å². The van der Waals surface area contributed by atoms with E-state index in [2.05, 4.69) is 20.5 Å². The Bertz CT molecular complexity index is 730. The number of nitrogens with one attached hydrogen (secondary N) is 1. The molecule has 0 aromatic carbocycles. The fourth-order valence-electron chi connectivity index (χ4n) is 3.26. The summed E-state index contributed by atoms with van der Waals surface area (Å²) in [6.45, 7) is 8.87. The topological polar surface area (TPSA) is 99.9 Å². The van der Waals surface area contributed by atoms with E-state index >= 15 is 0 Å². The number of carbonyl (C=O) groups is 1. The molecule has 130 valence electrons. The first-order valence-electron chi connectivity index (χ1n) is 8.16. The van der Waals surface area contributed by atoms with E-state index in [1.807, 2.05) is 32.4 Å². The third kappa shape index (κ3) is 2.93. The van der Waals surface area contributed by atoms with Crippen LogP contribution in [0, 0.1) is 6.92 Å². The van der Waals surface area contributed by atoms with Gasteiger partial charge in [0, 0.05) is 12.2 Å². The smallest absolute Gasteiger partial charge is 0.274 e. The molecule has 2 N–H and O–H groups in total. The molecule has 2 aromatic rings. The van der Waals surface area contributed by atoms with Crippen molar-refractivity contribution >= 4 is 5.91 Å². The maximum absolute atomic E-state index is 12.8. The van der Waals surface area contributed by atoms with Crippen LogP contribution in [0.4, 0.5) is 0 Å². The van der Waals surface area contributed by atoms with Gasteiger partial charge in [-0.25, -0.2) is 0 Å². The standard InChI is InChI=1S/C16H24N6O2/c1-11-8-12(19-22(11)15(2,3)4)14(23)21-7-5-6-16(24,10-21)13-9-17-20-18-13/h8-9,24H,5-7,10H2,1-4H3,(H,17,18,20). The minimum atomic E-state index is -1.16. The SMILES string of the molecule is Cc1cc(C(=O)N2CCCC(O)(c3cn[nH]n3)C2)nn1C(C)(C)C. The lowest BCUT2D eigenvalue weighted by atomic mass is 9.90. The summed E-state index contributed by atoms with van der Waals surface area (Å²) < 4.78 is 1.86. The first-order chi connectivity index (χ1) is 11.2. The van der Waals surface area contributed by atoms with Crippen molar-refractivity contribution in [2.75, 3.05) is 13.1 Å². The van der Waals surface area contributed by atoms with Crippen molar-refractivity contribution in [2.24, 2.45) is 0 Å². The number of aliphatic hydroxyl groups is 1. The molecule has 1 saturated heterocycles. The van der Waals surface area contributed by atoms with E-state index < -0.39 is 5.60 Å². The molecule has 1 aliphatic rings. The van der Waals surface area contributed by atoms with E-state index in [-0.39, 0.29) is 18.0 Å². The van der Waals surface area contributed by atoms with Gasteiger partial charge in [-0.05, 0) is 46.6 Å². The number of aromatic nitrogens is 5. The highest BCUT2D eigenvalue weighted by Crippen LogP contribution is 2.30. The van der Waals surface area contributed by atoms with Crippen LogP contribution in [-0.4, -0.2) is 54.2 Å². The van der Waals surface area contributed by atoms with Crippen molar-refractivity contribution in [1.29, 1.82) is 0 Å². The predicted octanol–water partition coefficient (Wildman–Crippen LogP) is 1.19. The number of β-amino-alcohol motifs (C(OH)–C–C–N with tert-alkyl or cyclic N) is 1. The van der Waals surface area contributed by atoms with E-state index in [9.17, 15) is 9.90 Å². The van der Waals surface area contributed by atoms with Crippen LogP contribution in [0.15, 0.2) is 12.3 Å². The highest BCUT2D eigenvalue weighted by atomic mass is 16.3. The molecule has 1 atom stereocenters. The highest BCUT2D eigenvalue weighted by Gasteiger charge is 2.39. The predicted molar refractivity (Wildman–Crippen MR) is 87.4 cm³/mol. The average molecular weight is 332 g/mol. The summed E-state index contributed by atoms with van der Waals surface area (Å²) in [5, 5.41) is 25.6. The van der Waals surface area contributed by atoms with E-state index in [1.165, 1.54) is 6.20 Å². The van der Waals surface area contributed by atoms with Gasteiger partial charge in [-0.3, -0.25) is 9.48 Å². The molecular formula is C16H24N6O2. The van der Waals surface area contributed by atoms with Gasteiger partial charge in [0.1, 0.15) is 11.3 Å². The van der Waals surface area contributed by atoms with E-state index in [0.717, 1.165) is 5.69 Å². The van der Waals surface area contributed by atoms with Crippen molar-refractivity contribution in [1.82, 2.24) is 30.1 Å². The summed E-state index contributed by atoms with van der Waals surface area (Å²) in [7, 11) is 0. The minimum Gasteiger partial charge on any atom is -0.382 e. The number of hydrogen-bond acceptors (Lipinski definition) is 5. The van der Waals surface area contributed by atoms with Crippen LogP contribution in [0.3, 0.4) is 0 Å². The maximum atomic E-state index is 12.8. The number of aromatic amines is 1. The maximum Gasteiger partial charge on any atom is 0.274 e. The molecule has 0 bridgehead atoms. The molecule has 1 amide bonds. The number of H-pyrrole nitrogens is 1. The fourth-order valence-corrected chi connectivity index (χ4v) is 3.26. The van der Waals surface area contributed by atoms with Crippen LogP contribution in [0.5, 0.6) is 0 Å². The Morgan fingerprint density at radius 2 is 2.17 bits per heavy atom. The number of aryl methyl sites for hydroxylation is 1. The molecule has 0 radical (unpaired) electrons. The van der Waals surface area contributed by atoms with E-state index in [1.54, 1.807) is 11.0 Å². The number of rotatable bonds is 2. The third-order valence-corrected chi connectivity index (χ3v) is 4.39. The van der Waals surface area contributed by atoms with Gasteiger partial charge >= 0.3 is 0 Å². The van der Waals surface area contributed by atoms with Crippen molar-refractivity contribution < 1.29 is 9.90 Å². The zero-order valence-electron chi connectivity index (χ0n) is 14.6. The summed E-state index contributed by atoms with van der Waals surface area (Å²) in [6.07, 6.45) is 2.76. The number of amides is 1. The van der Waals surface area contributed by atoms with Gasteiger partial charge in [-0.15, -0.1) is 0 Å². The first-order valence-corrected chi connectivity index (χ1v) is 8.16. The Morgan fingerprint density at radius 1 is 1.42 bits per heavy atom. The molecule has 1 unspecified atom stereocenters. The zero-order valence-corrected chi connectivity index (χ0v) is 14.6. The summed E-state index contributed by atoms with van der Waals surface area (Å²) in [6, 6.07) is 1.80. The second-order valence-corrected chi connectivity index (χ2v) is 7.47. The van der Waals surface area contributed by atoms with Gasteiger partial charge < -0.3 is 10.0 Å². The Labute approximate surface area is 140 Å². The van der Waals surface area contributed by atoms with Crippen molar-refractivity contribution in [3.63, 3.8) is 0 Å². The molecular weight excluding hydrogens is 308 g/mol. The first kappa shape index (κ1) is 16.6. The van der Waals surface area contributed by atoms with Crippen molar-refractivity contribution in [3.8, 4) is 0 Å². The molecule has 0 aliphatic carbocycles. The molecule has 8 heteroatoms. The fraction of sp³-hybridized carbons (Fsp3) is 0.625. The van der Waals surface area contributed by atoms with Gasteiger partial charge in [0.05, 0.1) is 18.3 Å². The number of nitrogens with zero attached hydrogens (tertiary/aromatic N) is 5. The van der Waals surface area contributed by atoms with Crippen molar-refractivity contribution in [2.45, 2.75) is 51.7 Å².